The lowest BCUT2D eigenvalue weighted by molar-refractivity contribution is 0.0138. The summed E-state index contributed by atoms with van der Waals surface area (Å²) in [6.45, 7) is 24.8. The van der Waals surface area contributed by atoms with E-state index in [4.69, 9.17) is 14.2 Å². The number of anilines is 2. The van der Waals surface area contributed by atoms with Crippen molar-refractivity contribution < 1.29 is 38.5 Å². The molecule has 2 amide bonds. The maximum Gasteiger partial charge on any atom is 0.410 e. The number of carboxylic acids is 1. The highest BCUT2D eigenvalue weighted by atomic mass is 35.5. The van der Waals surface area contributed by atoms with Crippen molar-refractivity contribution in [2.45, 2.75) is 142 Å². The molecular formula is C65H87ClN8O8S2. The third-order valence-corrected chi connectivity index (χ3v) is 20.1. The zero-order valence-electron chi connectivity index (χ0n) is 50.4. The molecule has 6 aromatic rings. The second-order valence-corrected chi connectivity index (χ2v) is 27.7. The van der Waals surface area contributed by atoms with Crippen LogP contribution in [-0.2, 0) is 27.3 Å². The lowest BCUT2D eigenvalue weighted by Crippen LogP contribution is -2.51. The molecule has 84 heavy (non-hydrogen) atoms. The first-order valence-corrected chi connectivity index (χ1v) is 32.3. The Kier molecular flexibility index (Phi) is 19.0. The number of ether oxygens (including phenoxy) is 3. The SMILES string of the molecule is CC(C)(C)OC(=O)N1CCN(CCN2CCn3c(c(C4CCCCC4)c4sc(C(=O)O)cc43)-c3ccccc32)CC1.COC(=O)c1cc2c(s1)c(C1CCCCC1)c1n2CCN(CCN2CCN(C(=O)OC(C)(C)C)CC2)c2ccccc2-1.Cl. The van der Waals surface area contributed by atoms with E-state index in [1.54, 1.807) is 11.3 Å². The van der Waals surface area contributed by atoms with Gasteiger partial charge in [0.2, 0.25) is 0 Å². The summed E-state index contributed by atoms with van der Waals surface area (Å²) in [7, 11) is 1.47. The number of carbonyl (C=O) groups is 4. The van der Waals surface area contributed by atoms with Crippen molar-refractivity contribution in [3.63, 3.8) is 0 Å². The summed E-state index contributed by atoms with van der Waals surface area (Å²) in [6, 6.07) is 21.6. The molecule has 454 valence electrons. The molecule has 0 atom stereocenters. The number of hydrogen-bond donors (Lipinski definition) is 1. The molecule has 6 aliphatic rings. The molecule has 0 unspecified atom stereocenters. The minimum absolute atomic E-state index is 0. The van der Waals surface area contributed by atoms with Crippen molar-refractivity contribution in [3.8, 4) is 22.5 Å². The number of hydrogen-bond acceptors (Lipinski definition) is 13. The van der Waals surface area contributed by atoms with E-state index in [9.17, 15) is 24.3 Å². The van der Waals surface area contributed by atoms with E-state index in [1.165, 1.54) is 143 Å². The Hall–Kier alpha value is -5.79. The Balaban J connectivity index is 0.000000185. The van der Waals surface area contributed by atoms with E-state index in [1.807, 2.05) is 57.4 Å². The molecule has 2 saturated carbocycles. The monoisotopic (exact) mass is 1210 g/mol. The molecule has 2 saturated heterocycles. The molecule has 16 nitrogen and oxygen atoms in total. The number of fused-ring (bicyclic) bond motifs is 10. The third-order valence-electron chi connectivity index (χ3n) is 17.8. The molecule has 12 rings (SSSR count). The molecule has 2 aliphatic carbocycles. The van der Waals surface area contributed by atoms with Gasteiger partial charge in [0, 0.05) is 127 Å². The number of methoxy groups -OCH3 is 1. The molecule has 8 heterocycles. The summed E-state index contributed by atoms with van der Waals surface area (Å²) in [5.41, 5.74) is 11.9. The molecule has 4 aromatic heterocycles. The first kappa shape index (κ1) is 61.3. The van der Waals surface area contributed by atoms with Crippen LogP contribution in [0.2, 0.25) is 0 Å². The number of benzene rings is 2. The highest BCUT2D eigenvalue weighted by Crippen LogP contribution is 2.51. The van der Waals surface area contributed by atoms with Crippen molar-refractivity contribution in [2.24, 2.45) is 0 Å². The van der Waals surface area contributed by atoms with Gasteiger partial charge < -0.3 is 48.1 Å². The Morgan fingerprint density at radius 3 is 1.31 bits per heavy atom. The fourth-order valence-corrected chi connectivity index (χ4v) is 16.0. The molecule has 4 aliphatic heterocycles. The highest BCUT2D eigenvalue weighted by molar-refractivity contribution is 7.21. The van der Waals surface area contributed by atoms with Gasteiger partial charge in [-0.15, -0.1) is 35.1 Å². The maximum absolute atomic E-state index is 12.5. The zero-order valence-corrected chi connectivity index (χ0v) is 52.9. The number of carboxylic acid groups (broad SMARTS) is 1. The number of para-hydroxylation sites is 2. The van der Waals surface area contributed by atoms with E-state index in [0.29, 0.717) is 47.8 Å². The van der Waals surface area contributed by atoms with Gasteiger partial charge in [-0.3, -0.25) is 9.80 Å². The number of esters is 1. The van der Waals surface area contributed by atoms with Crippen molar-refractivity contribution in [2.75, 3.05) is 109 Å². The van der Waals surface area contributed by atoms with Crippen molar-refractivity contribution >= 4 is 91.0 Å². The van der Waals surface area contributed by atoms with Crippen molar-refractivity contribution in [1.29, 1.82) is 0 Å². The smallest absolute Gasteiger partial charge is 0.410 e. The minimum atomic E-state index is -0.836. The van der Waals surface area contributed by atoms with Gasteiger partial charge in [0.25, 0.3) is 0 Å². The van der Waals surface area contributed by atoms with E-state index < -0.39 is 17.2 Å². The van der Waals surface area contributed by atoms with Crippen molar-refractivity contribution in [3.05, 3.63) is 81.5 Å². The molecular weight excluding hydrogens is 1120 g/mol. The maximum atomic E-state index is 12.5. The molecule has 0 radical (unpaired) electrons. The molecule has 0 bridgehead atoms. The van der Waals surface area contributed by atoms with Crippen LogP contribution in [0.5, 0.6) is 0 Å². The number of piperazine rings is 2. The highest BCUT2D eigenvalue weighted by Gasteiger charge is 2.36. The Bertz CT molecular complexity index is 3310. The predicted molar refractivity (Wildman–Crippen MR) is 341 cm³/mol. The number of thiophene rings is 2. The summed E-state index contributed by atoms with van der Waals surface area (Å²) in [5, 5.41) is 9.81. The van der Waals surface area contributed by atoms with Crippen LogP contribution in [-0.4, -0.2) is 168 Å². The first-order valence-electron chi connectivity index (χ1n) is 30.7. The Morgan fingerprint density at radius 1 is 0.524 bits per heavy atom. The number of nitrogens with zero attached hydrogens (tertiary/aromatic N) is 8. The standard InChI is InChI=1S/C33H44N4O4S.C32H42N4O4S.ClH/c1-33(2,3)41-32(39)36-18-15-34(16-19-36)14-17-35-20-21-37-26-22-27(31(38)40-4)42-30(26)28(23-10-6-5-7-11-23)29(37)24-12-8-9-13-25(24)35;1-32(2,3)40-31(39)35-17-14-33(15-18-35)13-16-34-19-20-36-25-21-26(30(37)38)41-29(25)27(22-9-5-4-6-10-22)28(36)23-11-7-8-12-24(23)34;/h8-9,12-13,22-23H,5-7,10-11,14-21H2,1-4H3;7-8,11-12,21-22H,4-6,9-10,13-20H2,1-3H3,(H,37,38);1H. The van der Waals surface area contributed by atoms with Crippen LogP contribution in [0.15, 0.2) is 60.7 Å². The van der Waals surface area contributed by atoms with E-state index in [-0.39, 0.29) is 30.6 Å². The number of amides is 2. The van der Waals surface area contributed by atoms with Gasteiger partial charge in [0.1, 0.15) is 21.0 Å². The summed E-state index contributed by atoms with van der Waals surface area (Å²) >= 11 is 3.07. The lowest BCUT2D eigenvalue weighted by Gasteiger charge is -2.36. The lowest BCUT2D eigenvalue weighted by atomic mass is 9.83. The van der Waals surface area contributed by atoms with Gasteiger partial charge in [0.05, 0.1) is 38.9 Å². The van der Waals surface area contributed by atoms with Gasteiger partial charge in [0.15, 0.2) is 0 Å². The van der Waals surface area contributed by atoms with Crippen LogP contribution >= 0.6 is 35.1 Å². The fourth-order valence-electron chi connectivity index (χ4n) is 13.7. The summed E-state index contributed by atoms with van der Waals surface area (Å²) in [6.07, 6.45) is 11.9. The third kappa shape index (κ3) is 13.3. The largest absolute Gasteiger partial charge is 0.477 e. The average molecular weight is 1210 g/mol. The van der Waals surface area contributed by atoms with Gasteiger partial charge >= 0.3 is 24.1 Å². The van der Waals surface area contributed by atoms with Crippen LogP contribution < -0.4 is 9.80 Å². The molecule has 4 fully saturated rings. The summed E-state index contributed by atoms with van der Waals surface area (Å²) in [5.74, 6) is -0.0914. The van der Waals surface area contributed by atoms with Crippen LogP contribution in [0.3, 0.4) is 0 Å². The van der Waals surface area contributed by atoms with Crippen LogP contribution in [0.4, 0.5) is 21.0 Å². The molecule has 2 aromatic carbocycles. The fraction of sp³-hybridized carbons (Fsp3) is 0.569. The van der Waals surface area contributed by atoms with Crippen molar-refractivity contribution in [1.82, 2.24) is 28.7 Å². The van der Waals surface area contributed by atoms with Crippen LogP contribution in [0.25, 0.3) is 42.9 Å². The quantitative estimate of drug-likeness (QED) is 0.103. The molecule has 1 N–H and O–H groups in total. The Labute approximate surface area is 510 Å². The van der Waals surface area contributed by atoms with Gasteiger partial charge in [-0.2, -0.15) is 0 Å². The van der Waals surface area contributed by atoms with E-state index in [2.05, 4.69) is 83.3 Å². The predicted octanol–water partition coefficient (Wildman–Crippen LogP) is 13.5. The number of rotatable bonds is 10. The van der Waals surface area contributed by atoms with E-state index in [0.717, 1.165) is 84.1 Å². The zero-order chi connectivity index (χ0) is 58.2. The second kappa shape index (κ2) is 26.0. The normalized spacial score (nSPS) is 18.4. The van der Waals surface area contributed by atoms with Crippen LogP contribution in [0.1, 0.15) is 148 Å². The summed E-state index contributed by atoms with van der Waals surface area (Å²) in [4.78, 5) is 64.2. The summed E-state index contributed by atoms with van der Waals surface area (Å²) < 4.78 is 23.6. The van der Waals surface area contributed by atoms with E-state index >= 15 is 0 Å². The first-order chi connectivity index (χ1) is 39.9. The number of halogens is 1. The van der Waals surface area contributed by atoms with Gasteiger partial charge in [-0.05, 0) is 114 Å². The van der Waals surface area contributed by atoms with Gasteiger partial charge in [-0.1, -0.05) is 74.9 Å². The molecule has 19 heteroatoms. The minimum Gasteiger partial charge on any atom is -0.477 e. The number of carbonyl (C=O) groups excluding carboxylic acids is 3. The number of aromatic carboxylic acids is 1. The van der Waals surface area contributed by atoms with Crippen LogP contribution in [0, 0.1) is 0 Å². The molecule has 0 spiro atoms. The topological polar surface area (TPSA) is 146 Å². The second-order valence-electron chi connectivity index (χ2n) is 25.6. The number of aromatic nitrogens is 2. The Morgan fingerprint density at radius 2 is 0.917 bits per heavy atom. The van der Waals surface area contributed by atoms with Gasteiger partial charge in [-0.25, -0.2) is 19.2 Å². The average Bonchev–Trinajstić information content (AvgIpc) is 1.76.